The van der Waals surface area contributed by atoms with E-state index in [-0.39, 0.29) is 6.42 Å². The van der Waals surface area contributed by atoms with Crippen LogP contribution >= 0.6 is 0 Å². The third-order valence-electron chi connectivity index (χ3n) is 2.51. The topological polar surface area (TPSA) is 89.4 Å². The number of carboxylic acids is 1. The first-order valence-corrected chi connectivity index (χ1v) is 5.53. The van der Waals surface area contributed by atoms with E-state index in [0.29, 0.717) is 18.1 Å². The van der Waals surface area contributed by atoms with E-state index in [2.05, 4.69) is 10.1 Å². The number of aromatic nitrogens is 2. The number of carbonyl (C=O) groups is 1. The number of hydrogen-bond donors (Lipinski definition) is 1. The van der Waals surface area contributed by atoms with Gasteiger partial charge in [0.25, 0.3) is 0 Å². The molecular weight excluding hydrogens is 236 g/mol. The molecule has 0 aliphatic rings. The summed E-state index contributed by atoms with van der Waals surface area (Å²) in [7, 11) is 0. The van der Waals surface area contributed by atoms with Gasteiger partial charge in [-0.05, 0) is 11.5 Å². The fourth-order valence-electron chi connectivity index (χ4n) is 1.72. The molecule has 2 rings (SSSR count). The second kappa shape index (κ2) is 4.64. The predicted molar refractivity (Wildman–Crippen MR) is 61.7 cm³/mol. The summed E-state index contributed by atoms with van der Waals surface area (Å²) in [5, 5.41) is 12.6. The lowest BCUT2D eigenvalue weighted by atomic mass is 9.86. The number of nitrogens with zero attached hydrogens (tertiary/aromatic N) is 2. The van der Waals surface area contributed by atoms with Gasteiger partial charge in [0.1, 0.15) is 6.26 Å². The van der Waals surface area contributed by atoms with Gasteiger partial charge in [-0.2, -0.15) is 4.98 Å². The van der Waals surface area contributed by atoms with Crippen molar-refractivity contribution in [2.24, 2.45) is 5.41 Å². The summed E-state index contributed by atoms with van der Waals surface area (Å²) < 4.78 is 10.0. The van der Waals surface area contributed by atoms with Crippen LogP contribution < -0.4 is 0 Å². The van der Waals surface area contributed by atoms with Gasteiger partial charge in [-0.3, -0.25) is 4.79 Å². The van der Waals surface area contributed by atoms with Gasteiger partial charge in [0.05, 0.1) is 18.2 Å². The molecule has 18 heavy (non-hydrogen) atoms. The fourth-order valence-corrected chi connectivity index (χ4v) is 1.72. The van der Waals surface area contributed by atoms with Gasteiger partial charge in [0, 0.05) is 6.42 Å². The molecule has 2 aromatic heterocycles. The van der Waals surface area contributed by atoms with Crippen LogP contribution in [0.5, 0.6) is 0 Å². The molecule has 0 aromatic carbocycles. The third kappa shape index (κ3) is 2.97. The first-order chi connectivity index (χ1) is 8.46. The zero-order chi connectivity index (χ0) is 13.2. The molecule has 6 heteroatoms. The van der Waals surface area contributed by atoms with E-state index in [0.717, 1.165) is 5.56 Å². The van der Waals surface area contributed by atoms with Crippen molar-refractivity contribution in [1.82, 2.24) is 10.1 Å². The third-order valence-corrected chi connectivity index (χ3v) is 2.51. The molecule has 0 fully saturated rings. The molecule has 0 unspecified atom stereocenters. The van der Waals surface area contributed by atoms with E-state index in [9.17, 15) is 4.79 Å². The summed E-state index contributed by atoms with van der Waals surface area (Å²) in [6.45, 7) is 3.70. The minimum absolute atomic E-state index is 0.0520. The summed E-state index contributed by atoms with van der Waals surface area (Å²) in [5.41, 5.74) is 0.313. The number of furan rings is 1. The Morgan fingerprint density at radius 1 is 1.50 bits per heavy atom. The lowest BCUT2D eigenvalue weighted by Gasteiger charge is -2.19. The van der Waals surface area contributed by atoms with Crippen LogP contribution in [0.2, 0.25) is 0 Å². The Balaban J connectivity index is 2.09. The molecule has 0 radical (unpaired) electrons. The molecule has 96 valence electrons. The van der Waals surface area contributed by atoms with E-state index in [1.165, 1.54) is 12.5 Å². The van der Waals surface area contributed by atoms with Gasteiger partial charge in [-0.15, -0.1) is 0 Å². The largest absolute Gasteiger partial charge is 0.481 e. The lowest BCUT2D eigenvalue weighted by molar-refractivity contribution is -0.139. The molecule has 6 nitrogen and oxygen atoms in total. The van der Waals surface area contributed by atoms with E-state index < -0.39 is 11.4 Å². The van der Waals surface area contributed by atoms with Crippen LogP contribution in [0.25, 0.3) is 11.4 Å². The van der Waals surface area contributed by atoms with Crippen LogP contribution in [0.15, 0.2) is 27.5 Å². The Morgan fingerprint density at radius 3 is 2.89 bits per heavy atom. The second-order valence-electron chi connectivity index (χ2n) is 4.94. The van der Waals surface area contributed by atoms with Crippen LogP contribution in [0.1, 0.15) is 26.2 Å². The van der Waals surface area contributed by atoms with Crippen molar-refractivity contribution in [2.45, 2.75) is 26.7 Å². The number of carboxylic acid groups (broad SMARTS) is 1. The highest BCUT2D eigenvalue weighted by atomic mass is 16.5. The summed E-state index contributed by atoms with van der Waals surface area (Å²) in [6.07, 6.45) is 3.53. The first-order valence-electron chi connectivity index (χ1n) is 5.53. The van der Waals surface area contributed by atoms with Crippen LogP contribution in [-0.2, 0) is 11.2 Å². The maximum Gasteiger partial charge on any atom is 0.303 e. The molecule has 0 saturated carbocycles. The number of hydrogen-bond acceptors (Lipinski definition) is 5. The first kappa shape index (κ1) is 12.3. The number of rotatable bonds is 5. The normalized spacial score (nSPS) is 11.7. The molecule has 0 aliphatic heterocycles. The zero-order valence-corrected chi connectivity index (χ0v) is 10.2. The Bertz CT molecular complexity index is 528. The van der Waals surface area contributed by atoms with Gasteiger partial charge in [0.15, 0.2) is 0 Å². The minimum atomic E-state index is -0.838. The minimum Gasteiger partial charge on any atom is -0.481 e. The highest BCUT2D eigenvalue weighted by Gasteiger charge is 2.25. The average Bonchev–Trinajstić information content (AvgIpc) is 2.82. The summed E-state index contributed by atoms with van der Waals surface area (Å²) >= 11 is 0. The molecule has 0 aliphatic carbocycles. The van der Waals surface area contributed by atoms with Crippen molar-refractivity contribution < 1.29 is 18.8 Å². The van der Waals surface area contributed by atoms with E-state index >= 15 is 0 Å². The summed E-state index contributed by atoms with van der Waals surface area (Å²) in [5.74, 6) is 0.0388. The Morgan fingerprint density at radius 2 is 2.28 bits per heavy atom. The summed E-state index contributed by atoms with van der Waals surface area (Å²) in [6, 6.07) is 1.73. The standard InChI is InChI=1S/C12H14N2O4/c1-12(2,6-10(15)16)5-9-13-11(14-18-9)8-3-4-17-7-8/h3-4,7H,5-6H2,1-2H3,(H,15,16). The smallest absolute Gasteiger partial charge is 0.303 e. The van der Waals surface area contributed by atoms with Crippen molar-refractivity contribution in [2.75, 3.05) is 0 Å². The van der Waals surface area contributed by atoms with Crippen molar-refractivity contribution in [3.05, 3.63) is 24.5 Å². The van der Waals surface area contributed by atoms with Crippen molar-refractivity contribution in [3.8, 4) is 11.4 Å². The van der Waals surface area contributed by atoms with Gasteiger partial charge in [-0.25, -0.2) is 0 Å². The zero-order valence-electron chi connectivity index (χ0n) is 10.2. The van der Waals surface area contributed by atoms with Gasteiger partial charge < -0.3 is 14.0 Å². The Kier molecular flexibility index (Phi) is 3.18. The van der Waals surface area contributed by atoms with Crippen LogP contribution in [0, 0.1) is 5.41 Å². The maximum atomic E-state index is 10.7. The average molecular weight is 250 g/mol. The Hall–Kier alpha value is -2.11. The fraction of sp³-hybridized carbons (Fsp3) is 0.417. The SMILES string of the molecule is CC(C)(CC(=O)O)Cc1nc(-c2ccoc2)no1. The summed E-state index contributed by atoms with van der Waals surface area (Å²) in [4.78, 5) is 14.9. The molecule has 0 spiro atoms. The lowest BCUT2D eigenvalue weighted by Crippen LogP contribution is -2.19. The monoisotopic (exact) mass is 250 g/mol. The van der Waals surface area contributed by atoms with Crippen LogP contribution in [0.3, 0.4) is 0 Å². The highest BCUT2D eigenvalue weighted by Crippen LogP contribution is 2.26. The molecule has 0 saturated heterocycles. The molecular formula is C12H14N2O4. The second-order valence-corrected chi connectivity index (χ2v) is 4.94. The predicted octanol–water partition coefficient (Wildman–Crippen LogP) is 2.37. The molecule has 2 aromatic rings. The van der Waals surface area contributed by atoms with Gasteiger partial charge in [0.2, 0.25) is 11.7 Å². The molecule has 0 atom stereocenters. The van der Waals surface area contributed by atoms with Gasteiger partial charge in [-0.1, -0.05) is 19.0 Å². The maximum absolute atomic E-state index is 10.7. The van der Waals surface area contributed by atoms with Crippen molar-refractivity contribution >= 4 is 5.97 Å². The van der Waals surface area contributed by atoms with Crippen molar-refractivity contribution in [1.29, 1.82) is 0 Å². The van der Waals surface area contributed by atoms with Crippen LogP contribution in [-0.4, -0.2) is 21.2 Å². The van der Waals surface area contributed by atoms with Crippen molar-refractivity contribution in [3.63, 3.8) is 0 Å². The molecule has 0 amide bonds. The molecule has 2 heterocycles. The van der Waals surface area contributed by atoms with Gasteiger partial charge >= 0.3 is 5.97 Å². The van der Waals surface area contributed by atoms with E-state index in [1.54, 1.807) is 6.07 Å². The molecule has 0 bridgehead atoms. The quantitative estimate of drug-likeness (QED) is 0.876. The number of aliphatic carboxylic acids is 1. The Labute approximate surface area is 104 Å². The van der Waals surface area contributed by atoms with E-state index in [1.807, 2.05) is 13.8 Å². The molecule has 1 N–H and O–H groups in total. The van der Waals surface area contributed by atoms with E-state index in [4.69, 9.17) is 14.0 Å². The van der Waals surface area contributed by atoms with Crippen LogP contribution in [0.4, 0.5) is 0 Å². The highest BCUT2D eigenvalue weighted by molar-refractivity contribution is 5.67.